The predicted octanol–water partition coefficient (Wildman–Crippen LogP) is 1.84. The van der Waals surface area contributed by atoms with Crippen molar-refractivity contribution in [3.63, 3.8) is 0 Å². The number of rotatable bonds is 4. The van der Waals surface area contributed by atoms with Gasteiger partial charge in [0.15, 0.2) is 0 Å². The molecule has 1 aromatic heterocycles. The molecule has 1 heterocycles. The standard InChI is InChI=1S/C8H15N3S/c1-4-9-8(6(2)3)7-5-12-11-10-7/h5-6,8-9H,4H2,1-3H3. The van der Waals surface area contributed by atoms with Crippen LogP contribution in [-0.4, -0.2) is 16.1 Å². The Bertz CT molecular complexity index is 208. The highest BCUT2D eigenvalue weighted by Crippen LogP contribution is 2.19. The van der Waals surface area contributed by atoms with Crippen molar-refractivity contribution in [1.29, 1.82) is 0 Å². The third-order valence-electron chi connectivity index (χ3n) is 1.79. The van der Waals surface area contributed by atoms with Gasteiger partial charge in [-0.05, 0) is 24.0 Å². The summed E-state index contributed by atoms with van der Waals surface area (Å²) >= 11 is 1.41. The van der Waals surface area contributed by atoms with E-state index >= 15 is 0 Å². The summed E-state index contributed by atoms with van der Waals surface area (Å²) in [6, 6.07) is 0.355. The second-order valence-electron chi connectivity index (χ2n) is 3.11. The first-order chi connectivity index (χ1) is 5.75. The van der Waals surface area contributed by atoms with E-state index in [-0.39, 0.29) is 0 Å². The van der Waals surface area contributed by atoms with E-state index in [9.17, 15) is 0 Å². The SMILES string of the molecule is CCNC(c1csnn1)C(C)C. The molecule has 68 valence electrons. The van der Waals surface area contributed by atoms with Gasteiger partial charge in [0.05, 0.1) is 11.7 Å². The van der Waals surface area contributed by atoms with Gasteiger partial charge in [-0.3, -0.25) is 0 Å². The van der Waals surface area contributed by atoms with E-state index < -0.39 is 0 Å². The molecule has 4 heteroatoms. The maximum atomic E-state index is 4.06. The van der Waals surface area contributed by atoms with Crippen LogP contribution in [0.15, 0.2) is 5.38 Å². The largest absolute Gasteiger partial charge is 0.309 e. The lowest BCUT2D eigenvalue weighted by atomic mass is 10.0. The third-order valence-corrected chi connectivity index (χ3v) is 2.31. The Labute approximate surface area is 77.4 Å². The molecule has 0 bridgehead atoms. The smallest absolute Gasteiger partial charge is 0.0927 e. The molecule has 1 rings (SSSR count). The van der Waals surface area contributed by atoms with Gasteiger partial charge in [0.1, 0.15) is 0 Å². The van der Waals surface area contributed by atoms with Crippen LogP contribution in [0.2, 0.25) is 0 Å². The molecule has 1 N–H and O–H groups in total. The minimum absolute atomic E-state index is 0.355. The fraction of sp³-hybridized carbons (Fsp3) is 0.750. The number of hydrogen-bond donors (Lipinski definition) is 1. The molecule has 0 aliphatic carbocycles. The van der Waals surface area contributed by atoms with Crippen LogP contribution in [0.1, 0.15) is 32.5 Å². The molecule has 0 radical (unpaired) electrons. The second-order valence-corrected chi connectivity index (χ2v) is 3.72. The van der Waals surface area contributed by atoms with Crippen molar-refractivity contribution in [1.82, 2.24) is 14.9 Å². The van der Waals surface area contributed by atoms with Gasteiger partial charge < -0.3 is 5.32 Å². The molecule has 0 aromatic carbocycles. The third kappa shape index (κ3) is 2.25. The van der Waals surface area contributed by atoms with Gasteiger partial charge in [-0.15, -0.1) is 5.10 Å². The first kappa shape index (κ1) is 9.61. The van der Waals surface area contributed by atoms with Crippen molar-refractivity contribution in [2.75, 3.05) is 6.54 Å². The summed E-state index contributed by atoms with van der Waals surface area (Å²) in [5, 5.41) is 9.46. The average molecular weight is 185 g/mol. The van der Waals surface area contributed by atoms with Crippen LogP contribution in [0.5, 0.6) is 0 Å². The predicted molar refractivity (Wildman–Crippen MR) is 51.2 cm³/mol. The number of nitrogens with zero attached hydrogens (tertiary/aromatic N) is 2. The van der Waals surface area contributed by atoms with Crippen LogP contribution in [0.3, 0.4) is 0 Å². The topological polar surface area (TPSA) is 37.8 Å². The second kappa shape index (κ2) is 4.52. The quantitative estimate of drug-likeness (QED) is 0.778. The Morgan fingerprint density at radius 1 is 1.58 bits per heavy atom. The zero-order valence-corrected chi connectivity index (χ0v) is 8.56. The summed E-state index contributed by atoms with van der Waals surface area (Å²) in [7, 11) is 0. The summed E-state index contributed by atoms with van der Waals surface area (Å²) in [4.78, 5) is 0. The maximum Gasteiger partial charge on any atom is 0.0927 e. The van der Waals surface area contributed by atoms with Crippen molar-refractivity contribution < 1.29 is 0 Å². The molecule has 0 aliphatic rings. The van der Waals surface area contributed by atoms with Crippen molar-refractivity contribution in [3.8, 4) is 0 Å². The Balaban J connectivity index is 2.66. The molecule has 12 heavy (non-hydrogen) atoms. The zero-order valence-electron chi connectivity index (χ0n) is 7.74. The van der Waals surface area contributed by atoms with Crippen LogP contribution in [-0.2, 0) is 0 Å². The Hall–Kier alpha value is -0.480. The Morgan fingerprint density at radius 3 is 2.75 bits per heavy atom. The molecule has 0 amide bonds. The molecular formula is C8H15N3S. The molecule has 3 nitrogen and oxygen atoms in total. The van der Waals surface area contributed by atoms with Gasteiger partial charge in [0.25, 0.3) is 0 Å². The van der Waals surface area contributed by atoms with Gasteiger partial charge >= 0.3 is 0 Å². The minimum Gasteiger partial charge on any atom is -0.309 e. The summed E-state index contributed by atoms with van der Waals surface area (Å²) in [5.41, 5.74) is 1.07. The van der Waals surface area contributed by atoms with E-state index in [1.54, 1.807) is 0 Å². The maximum absolute atomic E-state index is 4.06. The molecule has 1 unspecified atom stereocenters. The lowest BCUT2D eigenvalue weighted by Gasteiger charge is -2.18. The zero-order chi connectivity index (χ0) is 8.97. The molecule has 0 aliphatic heterocycles. The highest BCUT2D eigenvalue weighted by atomic mass is 32.1. The molecule has 0 saturated heterocycles. The number of hydrogen-bond acceptors (Lipinski definition) is 4. The molecule has 0 fully saturated rings. The fourth-order valence-corrected chi connectivity index (χ4v) is 1.70. The molecule has 0 saturated carbocycles. The van der Waals surface area contributed by atoms with Crippen LogP contribution in [0.4, 0.5) is 0 Å². The Morgan fingerprint density at radius 2 is 2.33 bits per heavy atom. The first-order valence-electron chi connectivity index (χ1n) is 4.26. The van der Waals surface area contributed by atoms with Crippen molar-refractivity contribution in [2.24, 2.45) is 5.92 Å². The summed E-state index contributed by atoms with van der Waals surface area (Å²) < 4.78 is 3.86. The summed E-state index contributed by atoms with van der Waals surface area (Å²) in [5.74, 6) is 0.564. The van der Waals surface area contributed by atoms with Gasteiger partial charge in [-0.1, -0.05) is 25.3 Å². The first-order valence-corrected chi connectivity index (χ1v) is 5.09. The lowest BCUT2D eigenvalue weighted by molar-refractivity contribution is 0.412. The van der Waals surface area contributed by atoms with Crippen LogP contribution in [0, 0.1) is 5.92 Å². The van der Waals surface area contributed by atoms with E-state index in [1.807, 2.05) is 5.38 Å². The van der Waals surface area contributed by atoms with Gasteiger partial charge in [-0.2, -0.15) is 0 Å². The van der Waals surface area contributed by atoms with E-state index in [4.69, 9.17) is 0 Å². The van der Waals surface area contributed by atoms with Crippen molar-refractivity contribution in [2.45, 2.75) is 26.8 Å². The van der Waals surface area contributed by atoms with E-state index in [0.717, 1.165) is 12.2 Å². The monoisotopic (exact) mass is 185 g/mol. The van der Waals surface area contributed by atoms with Gasteiger partial charge in [-0.25, -0.2) is 0 Å². The van der Waals surface area contributed by atoms with Crippen LogP contribution >= 0.6 is 11.5 Å². The van der Waals surface area contributed by atoms with Crippen molar-refractivity contribution >= 4 is 11.5 Å². The summed E-state index contributed by atoms with van der Waals surface area (Å²) in [6.45, 7) is 7.45. The van der Waals surface area contributed by atoms with E-state index in [0.29, 0.717) is 12.0 Å². The van der Waals surface area contributed by atoms with E-state index in [2.05, 4.69) is 35.7 Å². The highest BCUT2D eigenvalue weighted by Gasteiger charge is 2.16. The fourth-order valence-electron chi connectivity index (χ4n) is 1.21. The normalized spacial score (nSPS) is 13.7. The van der Waals surface area contributed by atoms with Crippen LogP contribution < -0.4 is 5.32 Å². The Kier molecular flexibility index (Phi) is 3.62. The molecule has 0 spiro atoms. The highest BCUT2D eigenvalue weighted by molar-refractivity contribution is 7.03. The molecule has 1 aromatic rings. The number of nitrogens with one attached hydrogen (secondary N) is 1. The summed E-state index contributed by atoms with van der Waals surface area (Å²) in [6.07, 6.45) is 0. The van der Waals surface area contributed by atoms with Crippen molar-refractivity contribution in [3.05, 3.63) is 11.1 Å². The van der Waals surface area contributed by atoms with Crippen LogP contribution in [0.25, 0.3) is 0 Å². The number of aromatic nitrogens is 2. The van der Waals surface area contributed by atoms with E-state index in [1.165, 1.54) is 11.5 Å². The minimum atomic E-state index is 0.355. The molecular weight excluding hydrogens is 170 g/mol. The van der Waals surface area contributed by atoms with Gasteiger partial charge in [0.2, 0.25) is 0 Å². The average Bonchev–Trinajstić information content (AvgIpc) is 2.51. The molecule has 1 atom stereocenters. The van der Waals surface area contributed by atoms with Gasteiger partial charge in [0, 0.05) is 5.38 Å². The lowest BCUT2D eigenvalue weighted by Crippen LogP contribution is -2.25.